The first-order chi connectivity index (χ1) is 13.9. The van der Waals surface area contributed by atoms with Gasteiger partial charge in [0.15, 0.2) is 11.5 Å². The third kappa shape index (κ3) is 6.16. The van der Waals surface area contributed by atoms with Crippen LogP contribution in [-0.4, -0.2) is 62.6 Å². The van der Waals surface area contributed by atoms with Crippen molar-refractivity contribution in [2.75, 3.05) is 34.0 Å². The summed E-state index contributed by atoms with van der Waals surface area (Å²) >= 11 is 0. The van der Waals surface area contributed by atoms with Crippen molar-refractivity contribution in [2.45, 2.75) is 32.7 Å². The van der Waals surface area contributed by atoms with Crippen LogP contribution >= 0.6 is 0 Å². The molecule has 1 aromatic rings. The second-order valence-electron chi connectivity index (χ2n) is 7.13. The molecule has 1 heterocycles. The summed E-state index contributed by atoms with van der Waals surface area (Å²) in [5.41, 5.74) is 5.45. The minimum atomic E-state index is -0.802. The molecule has 1 aliphatic heterocycles. The third-order valence-electron chi connectivity index (χ3n) is 4.50. The van der Waals surface area contributed by atoms with E-state index < -0.39 is 11.9 Å². The van der Waals surface area contributed by atoms with Crippen molar-refractivity contribution in [3.8, 4) is 11.5 Å². The summed E-state index contributed by atoms with van der Waals surface area (Å²) in [6.07, 6.45) is 0.889. The van der Waals surface area contributed by atoms with Crippen LogP contribution in [0.25, 0.3) is 0 Å². The Morgan fingerprint density at radius 3 is 2.62 bits per heavy atom. The zero-order valence-corrected chi connectivity index (χ0v) is 17.3. The Kier molecular flexibility index (Phi) is 8.41. The second-order valence-corrected chi connectivity index (χ2v) is 7.13. The summed E-state index contributed by atoms with van der Waals surface area (Å²) in [6, 6.07) is 4.04. The molecule has 0 bridgehead atoms. The van der Waals surface area contributed by atoms with Gasteiger partial charge in [-0.05, 0) is 30.5 Å². The predicted molar refractivity (Wildman–Crippen MR) is 106 cm³/mol. The molecule has 1 aromatic carbocycles. The van der Waals surface area contributed by atoms with Gasteiger partial charge in [-0.2, -0.15) is 0 Å². The fourth-order valence-electron chi connectivity index (χ4n) is 2.77. The number of hydrogen-bond acceptors (Lipinski definition) is 7. The molecule has 2 rings (SSSR count). The Morgan fingerprint density at radius 1 is 1.21 bits per heavy atom. The molecule has 0 saturated carbocycles. The highest BCUT2D eigenvalue weighted by atomic mass is 16.5. The number of amides is 3. The molecule has 0 aliphatic carbocycles. The number of nitrogens with zero attached hydrogens (tertiary/aromatic N) is 1. The van der Waals surface area contributed by atoms with E-state index in [9.17, 15) is 14.4 Å². The Balaban J connectivity index is 1.93. The lowest BCUT2D eigenvalue weighted by atomic mass is 10.1. The highest BCUT2D eigenvalue weighted by Crippen LogP contribution is 2.28. The van der Waals surface area contributed by atoms with Gasteiger partial charge in [-0.1, -0.05) is 13.8 Å². The first-order valence-corrected chi connectivity index (χ1v) is 9.57. The number of methoxy groups -OCH3 is 2. The van der Waals surface area contributed by atoms with E-state index in [4.69, 9.17) is 14.2 Å². The van der Waals surface area contributed by atoms with E-state index in [-0.39, 0.29) is 31.4 Å². The van der Waals surface area contributed by atoms with Crippen LogP contribution in [0.1, 0.15) is 37.0 Å². The van der Waals surface area contributed by atoms with Gasteiger partial charge in [0, 0.05) is 12.7 Å². The molecule has 0 radical (unpaired) electrons. The molecule has 1 aliphatic rings. The number of likely N-dealkylation sites (tertiary alicyclic amines) is 1. The standard InChI is InChI=1S/C20H29N3O6/c1-13(2)7-9-29-16-6-5-14(11-17(16)28-4)19(25)22-21-15-12-18(24)23(20(15)26)8-10-27-3/h5-6,11,13,15,21H,7-10,12H2,1-4H3,(H,22,25). The monoisotopic (exact) mass is 407 g/mol. The smallest absolute Gasteiger partial charge is 0.265 e. The van der Waals surface area contributed by atoms with Gasteiger partial charge in [0.05, 0.1) is 33.3 Å². The van der Waals surface area contributed by atoms with Crippen LogP contribution in [0.2, 0.25) is 0 Å². The van der Waals surface area contributed by atoms with Crippen LogP contribution in [0.3, 0.4) is 0 Å². The van der Waals surface area contributed by atoms with Crippen molar-refractivity contribution in [1.29, 1.82) is 0 Å². The minimum Gasteiger partial charge on any atom is -0.493 e. The number of carbonyl (C=O) groups is 3. The predicted octanol–water partition coefficient (Wildman–Crippen LogP) is 1.13. The van der Waals surface area contributed by atoms with Gasteiger partial charge in [-0.3, -0.25) is 24.7 Å². The van der Waals surface area contributed by atoms with E-state index in [2.05, 4.69) is 24.7 Å². The maximum Gasteiger partial charge on any atom is 0.265 e. The van der Waals surface area contributed by atoms with Gasteiger partial charge < -0.3 is 14.2 Å². The van der Waals surface area contributed by atoms with E-state index >= 15 is 0 Å². The number of hydrazine groups is 1. The fourth-order valence-corrected chi connectivity index (χ4v) is 2.77. The van der Waals surface area contributed by atoms with Crippen molar-refractivity contribution in [3.05, 3.63) is 23.8 Å². The second kappa shape index (κ2) is 10.8. The molecule has 9 nitrogen and oxygen atoms in total. The largest absolute Gasteiger partial charge is 0.493 e. The number of benzene rings is 1. The molecule has 0 spiro atoms. The molecule has 29 heavy (non-hydrogen) atoms. The number of rotatable bonds is 11. The fraction of sp³-hybridized carbons (Fsp3) is 0.550. The number of nitrogens with one attached hydrogen (secondary N) is 2. The topological polar surface area (TPSA) is 106 Å². The summed E-state index contributed by atoms with van der Waals surface area (Å²) in [6.45, 7) is 5.23. The van der Waals surface area contributed by atoms with Crippen LogP contribution in [0.15, 0.2) is 18.2 Å². The average molecular weight is 407 g/mol. The lowest BCUT2D eigenvalue weighted by Crippen LogP contribution is -2.48. The lowest BCUT2D eigenvalue weighted by molar-refractivity contribution is -0.139. The van der Waals surface area contributed by atoms with Crippen molar-refractivity contribution in [1.82, 2.24) is 15.8 Å². The molecule has 3 amide bonds. The first kappa shape index (κ1) is 22.6. The Labute approximate surface area is 170 Å². The molecule has 2 N–H and O–H groups in total. The molecule has 1 saturated heterocycles. The first-order valence-electron chi connectivity index (χ1n) is 9.57. The molecule has 1 unspecified atom stereocenters. The van der Waals surface area contributed by atoms with Crippen molar-refractivity contribution < 1.29 is 28.6 Å². The van der Waals surface area contributed by atoms with Crippen LogP contribution < -0.4 is 20.3 Å². The van der Waals surface area contributed by atoms with E-state index in [0.29, 0.717) is 29.6 Å². The number of carbonyl (C=O) groups excluding carboxylic acids is 3. The van der Waals surface area contributed by atoms with Crippen LogP contribution in [0.5, 0.6) is 11.5 Å². The maximum absolute atomic E-state index is 12.4. The van der Waals surface area contributed by atoms with Crippen molar-refractivity contribution in [2.24, 2.45) is 5.92 Å². The SMILES string of the molecule is COCCN1C(=O)CC(NNC(=O)c2ccc(OCCC(C)C)c(OC)c2)C1=O. The Morgan fingerprint density at radius 2 is 1.97 bits per heavy atom. The summed E-state index contributed by atoms with van der Waals surface area (Å²) in [4.78, 5) is 37.7. The maximum atomic E-state index is 12.4. The molecular weight excluding hydrogens is 378 g/mol. The summed E-state index contributed by atoms with van der Waals surface area (Å²) in [7, 11) is 3.00. The summed E-state index contributed by atoms with van der Waals surface area (Å²) in [5, 5.41) is 0. The molecule has 1 fully saturated rings. The zero-order valence-electron chi connectivity index (χ0n) is 17.3. The van der Waals surface area contributed by atoms with Gasteiger partial charge in [0.1, 0.15) is 6.04 Å². The number of imide groups is 1. The number of ether oxygens (including phenoxy) is 3. The Bertz CT molecular complexity index is 737. The normalized spacial score (nSPS) is 16.4. The van der Waals surface area contributed by atoms with Gasteiger partial charge in [-0.25, -0.2) is 5.43 Å². The van der Waals surface area contributed by atoms with Gasteiger partial charge in [-0.15, -0.1) is 0 Å². The summed E-state index contributed by atoms with van der Waals surface area (Å²) in [5.74, 6) is 0.379. The van der Waals surface area contributed by atoms with Gasteiger partial charge in [0.25, 0.3) is 5.91 Å². The lowest BCUT2D eigenvalue weighted by Gasteiger charge is -2.16. The van der Waals surface area contributed by atoms with Gasteiger partial charge in [0.2, 0.25) is 11.8 Å². The van der Waals surface area contributed by atoms with Crippen molar-refractivity contribution >= 4 is 17.7 Å². The quantitative estimate of drug-likeness (QED) is 0.418. The molecule has 9 heteroatoms. The Hall–Kier alpha value is -2.65. The molecular formula is C20H29N3O6. The highest BCUT2D eigenvalue weighted by Gasteiger charge is 2.38. The van der Waals surface area contributed by atoms with Gasteiger partial charge >= 0.3 is 0 Å². The third-order valence-corrected chi connectivity index (χ3v) is 4.50. The van der Waals surface area contributed by atoms with E-state index in [1.165, 1.54) is 14.2 Å². The molecule has 0 aromatic heterocycles. The highest BCUT2D eigenvalue weighted by molar-refractivity contribution is 6.05. The van der Waals surface area contributed by atoms with Crippen LogP contribution in [0, 0.1) is 5.92 Å². The van der Waals surface area contributed by atoms with Crippen LogP contribution in [-0.2, 0) is 14.3 Å². The zero-order chi connectivity index (χ0) is 21.4. The summed E-state index contributed by atoms with van der Waals surface area (Å²) < 4.78 is 15.9. The van der Waals surface area contributed by atoms with Crippen molar-refractivity contribution in [3.63, 3.8) is 0 Å². The van der Waals surface area contributed by atoms with E-state index in [1.807, 2.05) is 0 Å². The molecule has 1 atom stereocenters. The van der Waals surface area contributed by atoms with E-state index in [0.717, 1.165) is 11.3 Å². The van der Waals surface area contributed by atoms with Crippen LogP contribution in [0.4, 0.5) is 0 Å². The molecule has 160 valence electrons. The minimum absolute atomic E-state index is 0.0191. The average Bonchev–Trinajstić information content (AvgIpc) is 2.97. The number of hydrogen-bond donors (Lipinski definition) is 2. The van der Waals surface area contributed by atoms with E-state index in [1.54, 1.807) is 18.2 Å².